The summed E-state index contributed by atoms with van der Waals surface area (Å²) in [5.74, 6) is 0.978. The lowest BCUT2D eigenvalue weighted by Crippen LogP contribution is -2.43. The van der Waals surface area contributed by atoms with Crippen molar-refractivity contribution in [3.8, 4) is 0 Å². The number of halogens is 1. The van der Waals surface area contributed by atoms with Gasteiger partial charge in [0, 0.05) is 11.9 Å². The van der Waals surface area contributed by atoms with Crippen molar-refractivity contribution in [3.63, 3.8) is 0 Å². The van der Waals surface area contributed by atoms with Gasteiger partial charge in [-0.1, -0.05) is 11.6 Å². The van der Waals surface area contributed by atoms with Crippen molar-refractivity contribution in [1.29, 1.82) is 0 Å². The largest absolute Gasteiger partial charge is 0.377 e. The maximum absolute atomic E-state index is 5.78. The zero-order valence-electron chi connectivity index (χ0n) is 7.36. The average Bonchev–Trinajstić information content (AvgIpc) is 2.53. The first-order valence-electron chi connectivity index (χ1n) is 4.23. The first-order chi connectivity index (χ1) is 6.27. The van der Waals surface area contributed by atoms with E-state index in [1.807, 2.05) is 5.38 Å². The minimum absolute atomic E-state index is 0.395. The Bertz CT molecular complexity index is 291. The van der Waals surface area contributed by atoms with Gasteiger partial charge in [-0.15, -0.1) is 11.3 Å². The van der Waals surface area contributed by atoms with Crippen molar-refractivity contribution in [2.45, 2.75) is 13.0 Å². The molecule has 1 aliphatic heterocycles. The van der Waals surface area contributed by atoms with Crippen LogP contribution in [0.3, 0.4) is 0 Å². The third-order valence-corrected chi connectivity index (χ3v) is 3.09. The number of hydrogen-bond acceptors (Lipinski definition) is 4. The second kappa shape index (κ2) is 3.82. The molecule has 0 N–H and O–H groups in total. The van der Waals surface area contributed by atoms with E-state index in [0.717, 1.165) is 25.6 Å². The second-order valence-electron chi connectivity index (χ2n) is 3.08. The molecule has 2 rings (SSSR count). The standard InChI is InChI=1S/C8H11ClN2OS/c1-6-4-12-3-2-11(6)7-5-13-8(9)10-7/h5-6H,2-4H2,1H3/t6-/m1/s1. The van der Waals surface area contributed by atoms with Crippen molar-refractivity contribution in [2.24, 2.45) is 0 Å². The first kappa shape index (κ1) is 9.24. The van der Waals surface area contributed by atoms with Crippen LogP contribution in [-0.2, 0) is 4.74 Å². The normalized spacial score (nSPS) is 23.5. The molecule has 72 valence electrons. The van der Waals surface area contributed by atoms with Gasteiger partial charge in [-0.25, -0.2) is 4.98 Å². The predicted octanol–water partition coefficient (Wildman–Crippen LogP) is 2.02. The molecule has 0 saturated carbocycles. The maximum Gasteiger partial charge on any atom is 0.185 e. The molecular formula is C8H11ClN2OS. The van der Waals surface area contributed by atoms with Crippen LogP contribution < -0.4 is 4.90 Å². The summed E-state index contributed by atoms with van der Waals surface area (Å²) in [5, 5.41) is 1.99. The summed E-state index contributed by atoms with van der Waals surface area (Å²) in [5.41, 5.74) is 0. The molecule has 0 spiro atoms. The van der Waals surface area contributed by atoms with Crippen molar-refractivity contribution in [2.75, 3.05) is 24.7 Å². The molecule has 0 amide bonds. The van der Waals surface area contributed by atoms with Gasteiger partial charge in [0.25, 0.3) is 0 Å². The van der Waals surface area contributed by atoms with Gasteiger partial charge in [0.15, 0.2) is 4.47 Å². The smallest absolute Gasteiger partial charge is 0.185 e. The highest BCUT2D eigenvalue weighted by Gasteiger charge is 2.20. The van der Waals surface area contributed by atoms with E-state index < -0.39 is 0 Å². The molecule has 2 heterocycles. The van der Waals surface area contributed by atoms with Crippen LogP contribution in [0, 0.1) is 0 Å². The van der Waals surface area contributed by atoms with Gasteiger partial charge in [0.2, 0.25) is 0 Å². The SMILES string of the molecule is C[C@@H]1COCCN1c1csc(Cl)n1. The molecule has 0 bridgehead atoms. The Hall–Kier alpha value is -0.320. The molecule has 0 radical (unpaired) electrons. The van der Waals surface area contributed by atoms with Gasteiger partial charge in [-0.2, -0.15) is 0 Å². The number of nitrogens with zero attached hydrogens (tertiary/aromatic N) is 2. The number of aromatic nitrogens is 1. The van der Waals surface area contributed by atoms with Crippen LogP contribution in [0.1, 0.15) is 6.92 Å². The maximum atomic E-state index is 5.78. The van der Waals surface area contributed by atoms with Crippen molar-refractivity contribution in [1.82, 2.24) is 4.98 Å². The molecule has 0 aliphatic carbocycles. The van der Waals surface area contributed by atoms with Gasteiger partial charge in [-0.05, 0) is 6.92 Å². The van der Waals surface area contributed by atoms with E-state index in [2.05, 4.69) is 16.8 Å². The Morgan fingerprint density at radius 3 is 3.23 bits per heavy atom. The molecule has 1 saturated heterocycles. The lowest BCUT2D eigenvalue weighted by Gasteiger charge is -2.33. The molecule has 1 atom stereocenters. The predicted molar refractivity (Wildman–Crippen MR) is 54.8 cm³/mol. The van der Waals surface area contributed by atoms with E-state index in [1.165, 1.54) is 11.3 Å². The third-order valence-electron chi connectivity index (χ3n) is 2.13. The molecule has 1 fully saturated rings. The third kappa shape index (κ3) is 1.95. The number of thiazole rings is 1. The number of morpholine rings is 1. The molecule has 1 aromatic heterocycles. The molecule has 1 aliphatic rings. The highest BCUT2D eigenvalue weighted by Crippen LogP contribution is 2.24. The summed E-state index contributed by atoms with van der Waals surface area (Å²) in [4.78, 5) is 6.47. The Kier molecular flexibility index (Phi) is 2.71. The Balaban J connectivity index is 2.14. The van der Waals surface area contributed by atoms with Crippen molar-refractivity contribution >= 4 is 28.8 Å². The summed E-state index contributed by atoms with van der Waals surface area (Å²) < 4.78 is 5.95. The molecular weight excluding hydrogens is 208 g/mol. The number of anilines is 1. The van der Waals surface area contributed by atoms with Crippen LogP contribution in [-0.4, -0.2) is 30.8 Å². The Morgan fingerprint density at radius 2 is 2.62 bits per heavy atom. The lowest BCUT2D eigenvalue weighted by atomic mass is 10.2. The fourth-order valence-corrected chi connectivity index (χ4v) is 2.20. The van der Waals surface area contributed by atoms with Crippen LogP contribution in [0.4, 0.5) is 5.82 Å². The number of rotatable bonds is 1. The summed E-state index contributed by atoms with van der Waals surface area (Å²) in [6, 6.07) is 0.395. The quantitative estimate of drug-likeness (QED) is 0.721. The van der Waals surface area contributed by atoms with Crippen LogP contribution in [0.5, 0.6) is 0 Å². The van der Waals surface area contributed by atoms with E-state index in [-0.39, 0.29) is 0 Å². The van der Waals surface area contributed by atoms with Gasteiger partial charge in [0.05, 0.1) is 19.3 Å². The molecule has 5 heteroatoms. The van der Waals surface area contributed by atoms with Crippen LogP contribution in [0.15, 0.2) is 5.38 Å². The second-order valence-corrected chi connectivity index (χ2v) is 4.52. The Morgan fingerprint density at radius 1 is 1.77 bits per heavy atom. The van der Waals surface area contributed by atoms with E-state index in [4.69, 9.17) is 16.3 Å². The fourth-order valence-electron chi connectivity index (χ4n) is 1.44. The lowest BCUT2D eigenvalue weighted by molar-refractivity contribution is 0.0986. The highest BCUT2D eigenvalue weighted by molar-refractivity contribution is 7.14. The minimum atomic E-state index is 0.395. The molecule has 3 nitrogen and oxygen atoms in total. The van der Waals surface area contributed by atoms with Crippen molar-refractivity contribution in [3.05, 3.63) is 9.85 Å². The Labute approximate surface area is 86.3 Å². The summed E-state index contributed by atoms with van der Waals surface area (Å²) in [6.07, 6.45) is 0. The van der Waals surface area contributed by atoms with E-state index in [0.29, 0.717) is 10.5 Å². The zero-order valence-corrected chi connectivity index (χ0v) is 8.94. The highest BCUT2D eigenvalue weighted by atomic mass is 35.5. The molecule has 0 unspecified atom stereocenters. The topological polar surface area (TPSA) is 25.4 Å². The van der Waals surface area contributed by atoms with E-state index in [9.17, 15) is 0 Å². The fraction of sp³-hybridized carbons (Fsp3) is 0.625. The van der Waals surface area contributed by atoms with Crippen LogP contribution >= 0.6 is 22.9 Å². The summed E-state index contributed by atoms with van der Waals surface area (Å²) in [6.45, 7) is 4.59. The zero-order chi connectivity index (χ0) is 9.26. The van der Waals surface area contributed by atoms with Crippen LogP contribution in [0.2, 0.25) is 4.47 Å². The number of ether oxygens (including phenoxy) is 1. The van der Waals surface area contributed by atoms with E-state index >= 15 is 0 Å². The van der Waals surface area contributed by atoms with Gasteiger partial charge in [0.1, 0.15) is 5.82 Å². The van der Waals surface area contributed by atoms with Gasteiger partial charge < -0.3 is 9.64 Å². The summed E-state index contributed by atoms with van der Waals surface area (Å²) in [7, 11) is 0. The monoisotopic (exact) mass is 218 g/mol. The summed E-state index contributed by atoms with van der Waals surface area (Å²) >= 11 is 7.25. The molecule has 13 heavy (non-hydrogen) atoms. The minimum Gasteiger partial charge on any atom is -0.377 e. The van der Waals surface area contributed by atoms with E-state index in [1.54, 1.807) is 0 Å². The molecule has 0 aromatic carbocycles. The van der Waals surface area contributed by atoms with Gasteiger partial charge in [-0.3, -0.25) is 0 Å². The number of hydrogen-bond donors (Lipinski definition) is 0. The van der Waals surface area contributed by atoms with Gasteiger partial charge >= 0.3 is 0 Å². The average molecular weight is 219 g/mol. The van der Waals surface area contributed by atoms with Crippen molar-refractivity contribution < 1.29 is 4.74 Å². The molecule has 1 aromatic rings. The first-order valence-corrected chi connectivity index (χ1v) is 5.48. The van der Waals surface area contributed by atoms with Crippen LogP contribution in [0.25, 0.3) is 0 Å².